The van der Waals surface area contributed by atoms with Gasteiger partial charge in [-0.05, 0) is 44.4 Å². The van der Waals surface area contributed by atoms with Crippen molar-refractivity contribution < 1.29 is 8.42 Å². The van der Waals surface area contributed by atoms with Gasteiger partial charge in [0.15, 0.2) is 5.96 Å². The van der Waals surface area contributed by atoms with E-state index < -0.39 is 10.0 Å². The number of halogens is 1. The van der Waals surface area contributed by atoms with Crippen molar-refractivity contribution in [1.29, 1.82) is 5.26 Å². The molecule has 9 heteroatoms. The van der Waals surface area contributed by atoms with Crippen LogP contribution in [0, 0.1) is 11.3 Å². The first-order valence-corrected chi connectivity index (χ1v) is 10.6. The zero-order valence-corrected chi connectivity index (χ0v) is 19.0. The summed E-state index contributed by atoms with van der Waals surface area (Å²) in [4.78, 5) is 4.60. The fraction of sp³-hybridized carbons (Fsp3) is 0.556. The van der Waals surface area contributed by atoms with Crippen LogP contribution in [-0.2, 0) is 16.6 Å². The van der Waals surface area contributed by atoms with Crippen LogP contribution in [0.5, 0.6) is 0 Å². The zero-order valence-electron chi connectivity index (χ0n) is 15.8. The van der Waals surface area contributed by atoms with E-state index >= 15 is 0 Å². The molecule has 1 saturated heterocycles. The summed E-state index contributed by atoms with van der Waals surface area (Å²) < 4.78 is 25.5. The van der Waals surface area contributed by atoms with Crippen LogP contribution >= 0.6 is 24.0 Å². The van der Waals surface area contributed by atoms with Crippen LogP contribution in [0.3, 0.4) is 0 Å². The van der Waals surface area contributed by atoms with E-state index in [0.717, 1.165) is 30.9 Å². The summed E-state index contributed by atoms with van der Waals surface area (Å²) >= 11 is 0. The summed E-state index contributed by atoms with van der Waals surface area (Å²) in [7, 11) is -3.10. The molecule has 1 heterocycles. The van der Waals surface area contributed by atoms with Crippen LogP contribution in [0.2, 0.25) is 0 Å². The maximum absolute atomic E-state index is 11.9. The van der Waals surface area contributed by atoms with E-state index in [-0.39, 0.29) is 35.8 Å². The molecule has 1 aliphatic heterocycles. The zero-order chi connectivity index (χ0) is 19.0. The highest BCUT2D eigenvalue weighted by molar-refractivity contribution is 14.0. The van der Waals surface area contributed by atoms with E-state index in [1.807, 2.05) is 19.1 Å². The molecule has 0 amide bonds. The Labute approximate surface area is 179 Å². The van der Waals surface area contributed by atoms with Crippen LogP contribution in [0.25, 0.3) is 0 Å². The number of rotatable bonds is 6. The number of hydrogen-bond donors (Lipinski definition) is 2. The number of hydrogen-bond acceptors (Lipinski definition) is 4. The average Bonchev–Trinajstić information content (AvgIpc) is 2.67. The number of aliphatic imine (C=N–C) groups is 1. The maximum Gasteiger partial charge on any atom is 0.213 e. The second-order valence-electron chi connectivity index (χ2n) is 6.22. The summed E-state index contributed by atoms with van der Waals surface area (Å²) in [5, 5.41) is 15.5. The third-order valence-electron chi connectivity index (χ3n) is 4.40. The molecule has 0 aromatic heterocycles. The predicted molar refractivity (Wildman–Crippen MR) is 119 cm³/mol. The van der Waals surface area contributed by atoms with E-state index in [4.69, 9.17) is 5.26 Å². The number of nitrogens with zero attached hydrogens (tertiary/aromatic N) is 3. The molecule has 7 nitrogen and oxygen atoms in total. The van der Waals surface area contributed by atoms with Gasteiger partial charge in [0.25, 0.3) is 0 Å². The molecule has 1 aliphatic rings. The fourth-order valence-electron chi connectivity index (χ4n) is 2.83. The molecule has 1 aromatic rings. The van der Waals surface area contributed by atoms with Gasteiger partial charge in [-0.25, -0.2) is 17.7 Å². The molecular formula is C18H28IN5O2S. The lowest BCUT2D eigenvalue weighted by Gasteiger charge is -2.32. The third kappa shape index (κ3) is 7.27. The number of piperidine rings is 1. The van der Waals surface area contributed by atoms with Crippen molar-refractivity contribution in [1.82, 2.24) is 14.9 Å². The van der Waals surface area contributed by atoms with Crippen LogP contribution < -0.4 is 10.6 Å². The Morgan fingerprint density at radius 3 is 2.41 bits per heavy atom. The lowest BCUT2D eigenvalue weighted by atomic mass is 10.1. The Bertz CT molecular complexity index is 751. The Morgan fingerprint density at radius 2 is 1.89 bits per heavy atom. The minimum atomic E-state index is -3.10. The summed E-state index contributed by atoms with van der Waals surface area (Å²) in [5.41, 5.74) is 1.67. The third-order valence-corrected chi connectivity index (χ3v) is 6.28. The SMILES string of the molecule is CCNC(=NCc1ccc(C#N)cc1)NC1CCN(S(=O)(=O)CC)CC1.I. The molecule has 0 radical (unpaired) electrons. The molecule has 2 rings (SSSR count). The first-order chi connectivity index (χ1) is 12.5. The summed E-state index contributed by atoms with van der Waals surface area (Å²) in [6.45, 7) is 6.05. The first kappa shape index (κ1) is 23.7. The van der Waals surface area contributed by atoms with Crippen molar-refractivity contribution in [3.05, 3.63) is 35.4 Å². The van der Waals surface area contributed by atoms with E-state index in [2.05, 4.69) is 21.7 Å². The van der Waals surface area contributed by atoms with Crippen molar-refractivity contribution >= 4 is 40.0 Å². The Kier molecular flexibility index (Phi) is 10.0. The second-order valence-corrected chi connectivity index (χ2v) is 8.48. The van der Waals surface area contributed by atoms with Crippen molar-refractivity contribution in [3.63, 3.8) is 0 Å². The van der Waals surface area contributed by atoms with E-state index in [1.54, 1.807) is 23.4 Å². The highest BCUT2D eigenvalue weighted by Gasteiger charge is 2.26. The molecule has 27 heavy (non-hydrogen) atoms. The minimum Gasteiger partial charge on any atom is -0.357 e. The fourth-order valence-corrected chi connectivity index (χ4v) is 3.96. The highest BCUT2D eigenvalue weighted by Crippen LogP contribution is 2.14. The minimum absolute atomic E-state index is 0. The summed E-state index contributed by atoms with van der Waals surface area (Å²) in [6, 6.07) is 9.69. The van der Waals surface area contributed by atoms with Gasteiger partial charge in [0.05, 0.1) is 23.9 Å². The molecule has 1 aromatic carbocycles. The molecule has 0 unspecified atom stereocenters. The molecule has 0 saturated carbocycles. The number of sulfonamides is 1. The van der Waals surface area contributed by atoms with Gasteiger partial charge in [-0.3, -0.25) is 0 Å². The number of benzene rings is 1. The molecule has 2 N–H and O–H groups in total. The van der Waals surface area contributed by atoms with Crippen LogP contribution in [0.15, 0.2) is 29.3 Å². The predicted octanol–water partition coefficient (Wildman–Crippen LogP) is 2.05. The smallest absolute Gasteiger partial charge is 0.213 e. The van der Waals surface area contributed by atoms with Crippen LogP contribution in [0.4, 0.5) is 0 Å². The van der Waals surface area contributed by atoms with Crippen molar-refractivity contribution in [2.75, 3.05) is 25.4 Å². The van der Waals surface area contributed by atoms with Gasteiger partial charge in [0.1, 0.15) is 0 Å². The van der Waals surface area contributed by atoms with Crippen LogP contribution in [0.1, 0.15) is 37.8 Å². The van der Waals surface area contributed by atoms with Gasteiger partial charge in [-0.2, -0.15) is 5.26 Å². The van der Waals surface area contributed by atoms with Crippen molar-refractivity contribution in [3.8, 4) is 6.07 Å². The molecule has 0 spiro atoms. The van der Waals surface area contributed by atoms with Gasteiger partial charge < -0.3 is 10.6 Å². The molecule has 0 aliphatic carbocycles. The molecule has 0 atom stereocenters. The molecular weight excluding hydrogens is 477 g/mol. The van der Waals surface area contributed by atoms with Crippen molar-refractivity contribution in [2.45, 2.75) is 39.3 Å². The highest BCUT2D eigenvalue weighted by atomic mass is 127. The topological polar surface area (TPSA) is 97.6 Å². The van der Waals surface area contributed by atoms with Gasteiger partial charge in [0.2, 0.25) is 10.0 Å². The monoisotopic (exact) mass is 505 g/mol. The van der Waals surface area contributed by atoms with E-state index in [1.165, 1.54) is 0 Å². The van der Waals surface area contributed by atoms with Gasteiger partial charge in [0, 0.05) is 25.7 Å². The van der Waals surface area contributed by atoms with Crippen LogP contribution in [-0.4, -0.2) is 50.1 Å². The van der Waals surface area contributed by atoms with Gasteiger partial charge >= 0.3 is 0 Å². The Balaban J connectivity index is 0.00000364. The number of nitrogens with one attached hydrogen (secondary N) is 2. The first-order valence-electron chi connectivity index (χ1n) is 9.00. The van der Waals surface area contributed by atoms with Crippen molar-refractivity contribution in [2.24, 2.45) is 4.99 Å². The quantitative estimate of drug-likeness (QED) is 0.351. The van der Waals surface area contributed by atoms with Gasteiger partial charge in [-0.1, -0.05) is 12.1 Å². The molecule has 1 fully saturated rings. The van der Waals surface area contributed by atoms with E-state index in [0.29, 0.717) is 25.2 Å². The standard InChI is InChI=1S/C18H27N5O2S.HI/c1-3-20-18(21-14-16-7-5-15(13-19)6-8-16)22-17-9-11-23(12-10-17)26(24,25)4-2;/h5-8,17H,3-4,9-12,14H2,1-2H3,(H2,20,21,22);1H. The number of guanidine groups is 1. The normalized spacial score (nSPS) is 16.3. The average molecular weight is 505 g/mol. The molecule has 150 valence electrons. The lowest BCUT2D eigenvalue weighted by Crippen LogP contribution is -2.50. The summed E-state index contributed by atoms with van der Waals surface area (Å²) in [5.74, 6) is 0.883. The largest absolute Gasteiger partial charge is 0.357 e. The Hall–Kier alpha value is -1.38. The second kappa shape index (κ2) is 11.5. The molecule has 0 bridgehead atoms. The Morgan fingerprint density at radius 1 is 1.26 bits per heavy atom. The van der Waals surface area contributed by atoms with Gasteiger partial charge in [-0.15, -0.1) is 24.0 Å². The lowest BCUT2D eigenvalue weighted by molar-refractivity contribution is 0.306. The summed E-state index contributed by atoms with van der Waals surface area (Å²) in [6.07, 6.45) is 1.53. The maximum atomic E-state index is 11.9. The van der Waals surface area contributed by atoms with E-state index in [9.17, 15) is 8.42 Å². The number of nitriles is 1.